The Kier molecular flexibility index (Phi) is 4.14. The molecular formula is C14H18N4O3S. The van der Waals surface area contributed by atoms with Crippen molar-refractivity contribution in [2.45, 2.75) is 6.10 Å². The van der Waals surface area contributed by atoms with Crippen LogP contribution in [-0.4, -0.2) is 50.4 Å². The van der Waals surface area contributed by atoms with E-state index in [0.717, 1.165) is 22.4 Å². The van der Waals surface area contributed by atoms with E-state index in [1.165, 1.54) is 11.3 Å². The lowest BCUT2D eigenvalue weighted by atomic mass is 10.2. The van der Waals surface area contributed by atoms with E-state index < -0.39 is 5.91 Å². The fraction of sp³-hybridized carbons (Fsp3) is 0.429. The molecule has 7 nitrogen and oxygen atoms in total. The molecule has 1 fully saturated rings. The number of amides is 1. The van der Waals surface area contributed by atoms with Crippen LogP contribution in [0.1, 0.15) is 9.67 Å². The summed E-state index contributed by atoms with van der Waals surface area (Å²) in [6.45, 7) is 2.61. The number of nitrogens with two attached hydrogens (primary N) is 2. The minimum Gasteiger partial charge on any atom is -0.397 e. The van der Waals surface area contributed by atoms with E-state index in [4.69, 9.17) is 20.9 Å². The molecule has 0 radical (unpaired) electrons. The SMILES string of the molecule is COCC1CN(c2ccnc3sc(C(N)=O)c(N)c23)CCO1. The summed E-state index contributed by atoms with van der Waals surface area (Å²) in [5.41, 5.74) is 12.9. The molecule has 1 unspecified atom stereocenters. The highest BCUT2D eigenvalue weighted by molar-refractivity contribution is 7.21. The number of fused-ring (bicyclic) bond motifs is 1. The van der Waals surface area contributed by atoms with Crippen LogP contribution in [0.2, 0.25) is 0 Å². The zero-order chi connectivity index (χ0) is 15.7. The first-order valence-corrected chi connectivity index (χ1v) is 7.75. The number of rotatable bonds is 4. The summed E-state index contributed by atoms with van der Waals surface area (Å²) in [7, 11) is 1.66. The first-order valence-electron chi connectivity index (χ1n) is 6.94. The van der Waals surface area contributed by atoms with E-state index >= 15 is 0 Å². The second-order valence-electron chi connectivity index (χ2n) is 5.11. The minimum absolute atomic E-state index is 0.0115. The van der Waals surface area contributed by atoms with Crippen LogP contribution in [-0.2, 0) is 9.47 Å². The van der Waals surface area contributed by atoms with Gasteiger partial charge in [-0.1, -0.05) is 0 Å². The molecule has 1 saturated heterocycles. The van der Waals surface area contributed by atoms with Gasteiger partial charge < -0.3 is 25.8 Å². The first-order chi connectivity index (χ1) is 10.6. The number of methoxy groups -OCH3 is 1. The number of morpholine rings is 1. The monoisotopic (exact) mass is 322 g/mol. The van der Waals surface area contributed by atoms with Crippen LogP contribution < -0.4 is 16.4 Å². The molecule has 0 bridgehead atoms. The first kappa shape index (κ1) is 15.0. The van der Waals surface area contributed by atoms with E-state index in [0.29, 0.717) is 30.3 Å². The summed E-state index contributed by atoms with van der Waals surface area (Å²) >= 11 is 1.23. The number of carbonyl (C=O) groups excluding carboxylic acids is 1. The van der Waals surface area contributed by atoms with Crippen molar-refractivity contribution >= 4 is 38.8 Å². The lowest BCUT2D eigenvalue weighted by Gasteiger charge is -2.34. The second kappa shape index (κ2) is 6.07. The lowest BCUT2D eigenvalue weighted by molar-refractivity contribution is -0.00995. The Labute approximate surface area is 131 Å². The van der Waals surface area contributed by atoms with Crippen molar-refractivity contribution < 1.29 is 14.3 Å². The molecule has 118 valence electrons. The van der Waals surface area contributed by atoms with Crippen LogP contribution in [0.4, 0.5) is 11.4 Å². The number of pyridine rings is 1. The fourth-order valence-corrected chi connectivity index (χ4v) is 3.64. The second-order valence-corrected chi connectivity index (χ2v) is 6.11. The molecule has 2 aromatic rings. The lowest BCUT2D eigenvalue weighted by Crippen LogP contribution is -2.44. The molecule has 1 aliphatic heterocycles. The predicted octanol–water partition coefficient (Wildman–Crippen LogP) is 0.829. The molecule has 1 atom stereocenters. The van der Waals surface area contributed by atoms with Gasteiger partial charge in [0.1, 0.15) is 9.71 Å². The third kappa shape index (κ3) is 2.60. The molecule has 0 aromatic carbocycles. The van der Waals surface area contributed by atoms with Crippen molar-refractivity contribution in [3.05, 3.63) is 17.1 Å². The molecule has 3 rings (SSSR count). The summed E-state index contributed by atoms with van der Waals surface area (Å²) in [4.78, 5) is 19.1. The van der Waals surface area contributed by atoms with Crippen LogP contribution in [0.25, 0.3) is 10.2 Å². The Bertz CT molecular complexity index is 701. The fourth-order valence-electron chi connectivity index (χ4n) is 2.70. The maximum atomic E-state index is 11.5. The number of nitrogen functional groups attached to an aromatic ring is 1. The molecule has 3 heterocycles. The highest BCUT2D eigenvalue weighted by Gasteiger charge is 2.25. The maximum Gasteiger partial charge on any atom is 0.260 e. The van der Waals surface area contributed by atoms with Crippen LogP contribution >= 0.6 is 11.3 Å². The van der Waals surface area contributed by atoms with Gasteiger partial charge in [0.2, 0.25) is 0 Å². The van der Waals surface area contributed by atoms with Gasteiger partial charge in [0, 0.05) is 26.4 Å². The van der Waals surface area contributed by atoms with E-state index in [9.17, 15) is 4.79 Å². The van der Waals surface area contributed by atoms with Crippen molar-refractivity contribution in [1.29, 1.82) is 0 Å². The maximum absolute atomic E-state index is 11.5. The van der Waals surface area contributed by atoms with Crippen LogP contribution in [0.15, 0.2) is 12.3 Å². The molecule has 0 spiro atoms. The number of ether oxygens (including phenoxy) is 2. The van der Waals surface area contributed by atoms with Gasteiger partial charge in [-0.2, -0.15) is 0 Å². The average molecular weight is 322 g/mol. The third-order valence-corrected chi connectivity index (χ3v) is 4.79. The highest BCUT2D eigenvalue weighted by Crippen LogP contribution is 2.38. The predicted molar refractivity (Wildman–Crippen MR) is 86.4 cm³/mol. The molecule has 8 heteroatoms. The molecule has 4 N–H and O–H groups in total. The van der Waals surface area contributed by atoms with Gasteiger partial charge in [-0.3, -0.25) is 4.79 Å². The number of primary amides is 1. The van der Waals surface area contributed by atoms with E-state index in [1.54, 1.807) is 13.3 Å². The van der Waals surface area contributed by atoms with Gasteiger partial charge in [0.25, 0.3) is 5.91 Å². The Morgan fingerprint density at radius 2 is 2.45 bits per heavy atom. The summed E-state index contributed by atoms with van der Waals surface area (Å²) < 4.78 is 10.8. The smallest absolute Gasteiger partial charge is 0.260 e. The molecule has 0 saturated carbocycles. The van der Waals surface area contributed by atoms with Crippen molar-refractivity contribution in [3.63, 3.8) is 0 Å². The van der Waals surface area contributed by atoms with Gasteiger partial charge in [-0.05, 0) is 6.07 Å². The molecule has 2 aromatic heterocycles. The molecule has 22 heavy (non-hydrogen) atoms. The third-order valence-electron chi connectivity index (χ3n) is 3.66. The number of hydrogen-bond acceptors (Lipinski definition) is 7. The number of anilines is 2. The van der Waals surface area contributed by atoms with Crippen molar-refractivity contribution in [2.75, 3.05) is 44.0 Å². The summed E-state index contributed by atoms with van der Waals surface area (Å²) in [5.74, 6) is -0.523. The zero-order valence-electron chi connectivity index (χ0n) is 12.2. The topological polar surface area (TPSA) is 104 Å². The van der Waals surface area contributed by atoms with Gasteiger partial charge >= 0.3 is 0 Å². The zero-order valence-corrected chi connectivity index (χ0v) is 13.1. The van der Waals surface area contributed by atoms with Gasteiger partial charge in [-0.15, -0.1) is 11.3 Å². The number of carbonyl (C=O) groups is 1. The van der Waals surface area contributed by atoms with Crippen LogP contribution in [0, 0.1) is 0 Å². The van der Waals surface area contributed by atoms with Gasteiger partial charge in [0.15, 0.2) is 0 Å². The van der Waals surface area contributed by atoms with Gasteiger partial charge in [-0.25, -0.2) is 4.98 Å². The number of thiophene rings is 1. The Hall–Kier alpha value is -1.90. The van der Waals surface area contributed by atoms with Crippen LogP contribution in [0.3, 0.4) is 0 Å². The van der Waals surface area contributed by atoms with E-state index in [1.807, 2.05) is 6.07 Å². The quantitative estimate of drug-likeness (QED) is 0.864. The highest BCUT2D eigenvalue weighted by atomic mass is 32.1. The van der Waals surface area contributed by atoms with Crippen molar-refractivity contribution in [2.24, 2.45) is 5.73 Å². The normalized spacial score (nSPS) is 18.8. The number of aromatic nitrogens is 1. The largest absolute Gasteiger partial charge is 0.397 e. The molecule has 0 aliphatic carbocycles. The molecule has 1 amide bonds. The summed E-state index contributed by atoms with van der Waals surface area (Å²) in [5, 5.41) is 0.791. The standard InChI is InChI=1S/C14H18N4O3S/c1-20-7-8-6-18(4-5-21-8)9-2-3-17-14-10(9)11(15)12(22-14)13(16)19/h2-3,8H,4-7,15H2,1H3,(H2,16,19). The Morgan fingerprint density at radius 1 is 1.64 bits per heavy atom. The Morgan fingerprint density at radius 3 is 3.18 bits per heavy atom. The summed E-state index contributed by atoms with van der Waals surface area (Å²) in [6.07, 6.45) is 1.73. The molecular weight excluding hydrogens is 304 g/mol. The Balaban J connectivity index is 2.01. The number of hydrogen-bond donors (Lipinski definition) is 2. The van der Waals surface area contributed by atoms with Gasteiger partial charge in [0.05, 0.1) is 36.1 Å². The van der Waals surface area contributed by atoms with Crippen molar-refractivity contribution in [1.82, 2.24) is 4.98 Å². The van der Waals surface area contributed by atoms with E-state index in [2.05, 4.69) is 9.88 Å². The summed E-state index contributed by atoms with van der Waals surface area (Å²) in [6, 6.07) is 1.91. The number of nitrogens with zero attached hydrogens (tertiary/aromatic N) is 2. The van der Waals surface area contributed by atoms with Crippen molar-refractivity contribution in [3.8, 4) is 0 Å². The van der Waals surface area contributed by atoms with Crippen LogP contribution in [0.5, 0.6) is 0 Å². The molecule has 1 aliphatic rings. The average Bonchev–Trinajstić information content (AvgIpc) is 2.85. The van der Waals surface area contributed by atoms with E-state index in [-0.39, 0.29) is 6.10 Å². The minimum atomic E-state index is -0.523.